The van der Waals surface area contributed by atoms with Crippen LogP contribution in [0.5, 0.6) is 11.5 Å². The molecule has 1 aliphatic rings. The van der Waals surface area contributed by atoms with E-state index in [1.807, 2.05) is 36.5 Å². The molecule has 0 amide bonds. The summed E-state index contributed by atoms with van der Waals surface area (Å²) in [6.45, 7) is 3.13. The number of nitrogens with zero attached hydrogens (tertiary/aromatic N) is 1. The maximum absolute atomic E-state index is 5.40. The zero-order valence-corrected chi connectivity index (χ0v) is 12.7. The minimum Gasteiger partial charge on any atom is -0.454 e. The quantitative estimate of drug-likeness (QED) is 0.930. The Labute approximate surface area is 126 Å². The lowest BCUT2D eigenvalue weighted by molar-refractivity contribution is 0.174. The summed E-state index contributed by atoms with van der Waals surface area (Å²) in [6.07, 6.45) is 1.81. The molecular formula is C15H15BrN2O2. The minimum absolute atomic E-state index is 0.188. The first-order chi connectivity index (χ1) is 9.74. The van der Waals surface area contributed by atoms with Crippen molar-refractivity contribution in [2.45, 2.75) is 19.5 Å². The number of pyridine rings is 1. The molecule has 0 bridgehead atoms. The molecule has 0 aliphatic carbocycles. The normalized spacial score (nSPS) is 14.3. The molecule has 0 saturated heterocycles. The molecule has 1 N–H and O–H groups in total. The second-order valence-electron chi connectivity index (χ2n) is 4.65. The molecule has 0 radical (unpaired) electrons. The summed E-state index contributed by atoms with van der Waals surface area (Å²) in [5, 5.41) is 3.46. The van der Waals surface area contributed by atoms with Crippen LogP contribution < -0.4 is 14.8 Å². The van der Waals surface area contributed by atoms with Gasteiger partial charge in [0, 0.05) is 23.3 Å². The maximum atomic E-state index is 5.40. The van der Waals surface area contributed by atoms with Crippen molar-refractivity contribution < 1.29 is 9.47 Å². The summed E-state index contributed by atoms with van der Waals surface area (Å²) < 4.78 is 11.8. The predicted octanol–water partition coefficient (Wildman–Crippen LogP) is 3.42. The van der Waals surface area contributed by atoms with E-state index in [2.05, 4.69) is 33.2 Å². The van der Waals surface area contributed by atoms with Crippen LogP contribution >= 0.6 is 15.9 Å². The first kappa shape index (κ1) is 13.4. The van der Waals surface area contributed by atoms with Gasteiger partial charge in [-0.2, -0.15) is 0 Å². The zero-order chi connectivity index (χ0) is 13.9. The molecule has 1 aromatic carbocycles. The largest absolute Gasteiger partial charge is 0.454 e. The number of fused-ring (bicyclic) bond motifs is 1. The van der Waals surface area contributed by atoms with Crippen LogP contribution in [-0.2, 0) is 6.54 Å². The van der Waals surface area contributed by atoms with Gasteiger partial charge in [0.25, 0.3) is 0 Å². The van der Waals surface area contributed by atoms with Crippen molar-refractivity contribution in [2.75, 3.05) is 6.79 Å². The first-order valence-corrected chi connectivity index (χ1v) is 7.25. The van der Waals surface area contributed by atoms with Crippen LogP contribution in [0.15, 0.2) is 41.0 Å². The van der Waals surface area contributed by atoms with Gasteiger partial charge in [0.15, 0.2) is 11.5 Å². The van der Waals surface area contributed by atoms with Crippen LogP contribution in [0.1, 0.15) is 24.2 Å². The molecule has 3 rings (SSSR count). The van der Waals surface area contributed by atoms with Crippen LogP contribution in [0.3, 0.4) is 0 Å². The van der Waals surface area contributed by atoms with Crippen molar-refractivity contribution in [3.8, 4) is 11.5 Å². The third-order valence-corrected chi connectivity index (χ3v) is 4.01. The number of halogens is 1. The Morgan fingerprint density at radius 2 is 2.10 bits per heavy atom. The average molecular weight is 335 g/mol. The van der Waals surface area contributed by atoms with Crippen LogP contribution in [0, 0.1) is 0 Å². The molecule has 1 aliphatic heterocycles. The molecule has 2 aromatic rings. The van der Waals surface area contributed by atoms with Gasteiger partial charge < -0.3 is 14.8 Å². The summed E-state index contributed by atoms with van der Waals surface area (Å²) in [6, 6.07) is 10.1. The Kier molecular flexibility index (Phi) is 3.89. The lowest BCUT2D eigenvalue weighted by Crippen LogP contribution is -2.19. The van der Waals surface area contributed by atoms with Crippen molar-refractivity contribution in [2.24, 2.45) is 0 Å². The van der Waals surface area contributed by atoms with E-state index < -0.39 is 0 Å². The molecule has 0 unspecified atom stereocenters. The standard InChI is InChI=1S/C15H15BrN2O2/c1-10(13-4-2-3-5-17-13)18-8-11-6-14-15(7-12(11)16)20-9-19-14/h2-7,10,18H,8-9H2,1H3/t10-/m1/s1. The van der Waals surface area contributed by atoms with E-state index in [-0.39, 0.29) is 6.04 Å². The second kappa shape index (κ2) is 5.81. The molecule has 1 atom stereocenters. The average Bonchev–Trinajstić information content (AvgIpc) is 2.92. The van der Waals surface area contributed by atoms with Crippen LogP contribution in [0.25, 0.3) is 0 Å². The van der Waals surface area contributed by atoms with Crippen molar-refractivity contribution in [3.05, 3.63) is 52.3 Å². The fourth-order valence-electron chi connectivity index (χ4n) is 2.09. The number of nitrogens with one attached hydrogen (secondary N) is 1. The van der Waals surface area contributed by atoms with Gasteiger partial charge in [-0.1, -0.05) is 22.0 Å². The molecule has 0 spiro atoms. The molecule has 104 valence electrons. The Balaban J connectivity index is 1.70. The molecular weight excluding hydrogens is 320 g/mol. The molecule has 20 heavy (non-hydrogen) atoms. The smallest absolute Gasteiger partial charge is 0.231 e. The lowest BCUT2D eigenvalue weighted by Gasteiger charge is -2.14. The lowest BCUT2D eigenvalue weighted by atomic mass is 10.1. The highest BCUT2D eigenvalue weighted by atomic mass is 79.9. The van der Waals surface area contributed by atoms with Gasteiger partial charge in [0.1, 0.15) is 0 Å². The molecule has 1 aromatic heterocycles. The van der Waals surface area contributed by atoms with Crippen molar-refractivity contribution in [3.63, 3.8) is 0 Å². The molecule has 4 nitrogen and oxygen atoms in total. The van der Waals surface area contributed by atoms with E-state index in [9.17, 15) is 0 Å². The summed E-state index contributed by atoms with van der Waals surface area (Å²) in [4.78, 5) is 4.35. The fourth-order valence-corrected chi connectivity index (χ4v) is 2.56. The summed E-state index contributed by atoms with van der Waals surface area (Å²) in [5.74, 6) is 1.59. The Morgan fingerprint density at radius 1 is 1.30 bits per heavy atom. The predicted molar refractivity (Wildman–Crippen MR) is 79.8 cm³/mol. The van der Waals surface area contributed by atoms with Gasteiger partial charge in [0.05, 0.1) is 5.69 Å². The molecule has 2 heterocycles. The van der Waals surface area contributed by atoms with E-state index >= 15 is 0 Å². The third kappa shape index (κ3) is 2.78. The van der Waals surface area contributed by atoms with Gasteiger partial charge in [-0.3, -0.25) is 4.98 Å². The SMILES string of the molecule is C[C@@H](NCc1cc2c(cc1Br)OCO2)c1ccccn1. The molecule has 0 saturated carbocycles. The van der Waals surface area contributed by atoms with E-state index in [0.29, 0.717) is 6.79 Å². The van der Waals surface area contributed by atoms with Crippen LogP contribution in [0.4, 0.5) is 0 Å². The topological polar surface area (TPSA) is 43.4 Å². The Bertz CT molecular complexity index is 604. The summed E-state index contributed by atoms with van der Waals surface area (Å²) in [5.41, 5.74) is 2.17. The summed E-state index contributed by atoms with van der Waals surface area (Å²) >= 11 is 3.57. The number of hydrogen-bond donors (Lipinski definition) is 1. The summed E-state index contributed by atoms with van der Waals surface area (Å²) in [7, 11) is 0. The van der Waals surface area contributed by atoms with Gasteiger partial charge >= 0.3 is 0 Å². The Hall–Kier alpha value is -1.59. The van der Waals surface area contributed by atoms with Crippen molar-refractivity contribution in [1.82, 2.24) is 10.3 Å². The van der Waals surface area contributed by atoms with E-state index in [1.54, 1.807) is 0 Å². The highest BCUT2D eigenvalue weighted by Gasteiger charge is 2.16. The molecule has 0 fully saturated rings. The van der Waals surface area contributed by atoms with E-state index in [1.165, 1.54) is 0 Å². The van der Waals surface area contributed by atoms with E-state index in [0.717, 1.165) is 33.8 Å². The van der Waals surface area contributed by atoms with E-state index in [4.69, 9.17) is 9.47 Å². The highest BCUT2D eigenvalue weighted by molar-refractivity contribution is 9.10. The first-order valence-electron chi connectivity index (χ1n) is 6.46. The van der Waals surface area contributed by atoms with Gasteiger partial charge in [-0.15, -0.1) is 0 Å². The second-order valence-corrected chi connectivity index (χ2v) is 5.51. The minimum atomic E-state index is 0.188. The number of benzene rings is 1. The van der Waals surface area contributed by atoms with Gasteiger partial charge in [0.2, 0.25) is 6.79 Å². The third-order valence-electron chi connectivity index (χ3n) is 3.27. The maximum Gasteiger partial charge on any atom is 0.231 e. The fraction of sp³-hybridized carbons (Fsp3) is 0.267. The van der Waals surface area contributed by atoms with Crippen LogP contribution in [-0.4, -0.2) is 11.8 Å². The zero-order valence-electron chi connectivity index (χ0n) is 11.1. The number of hydrogen-bond acceptors (Lipinski definition) is 4. The van der Waals surface area contributed by atoms with Crippen molar-refractivity contribution in [1.29, 1.82) is 0 Å². The number of rotatable bonds is 4. The number of aromatic nitrogens is 1. The number of ether oxygens (including phenoxy) is 2. The van der Waals surface area contributed by atoms with Gasteiger partial charge in [-0.25, -0.2) is 0 Å². The molecule has 5 heteroatoms. The Morgan fingerprint density at radius 3 is 2.85 bits per heavy atom. The van der Waals surface area contributed by atoms with Crippen molar-refractivity contribution >= 4 is 15.9 Å². The van der Waals surface area contributed by atoms with Crippen LogP contribution in [0.2, 0.25) is 0 Å². The van der Waals surface area contributed by atoms with Gasteiger partial charge in [-0.05, 0) is 36.8 Å². The monoisotopic (exact) mass is 334 g/mol. The highest BCUT2D eigenvalue weighted by Crippen LogP contribution is 2.37.